The maximum absolute atomic E-state index is 11.7. The molecule has 1 aromatic rings. The van der Waals surface area contributed by atoms with Crippen molar-refractivity contribution in [3.8, 4) is 5.75 Å². The van der Waals surface area contributed by atoms with Crippen LogP contribution >= 0.6 is 0 Å². The van der Waals surface area contributed by atoms with E-state index >= 15 is 0 Å². The second kappa shape index (κ2) is 8.12. The highest BCUT2D eigenvalue weighted by Crippen LogP contribution is 2.12. The number of carbonyl (C=O) groups is 1. The molecule has 2 N–H and O–H groups in total. The maximum atomic E-state index is 11.7. The van der Waals surface area contributed by atoms with E-state index in [9.17, 15) is 14.7 Å². The van der Waals surface area contributed by atoms with E-state index in [-0.39, 0.29) is 17.6 Å². The van der Waals surface area contributed by atoms with Gasteiger partial charge in [0, 0.05) is 57.4 Å². The summed E-state index contributed by atoms with van der Waals surface area (Å²) in [6, 6.07) is 1.46. The summed E-state index contributed by atoms with van der Waals surface area (Å²) in [6.45, 7) is 8.22. The zero-order valence-corrected chi connectivity index (χ0v) is 13.6. The first-order valence-electron chi connectivity index (χ1n) is 8.08. The molecule has 0 amide bonds. The van der Waals surface area contributed by atoms with Crippen molar-refractivity contribution in [2.24, 2.45) is 0 Å². The molecule has 2 heterocycles. The lowest BCUT2D eigenvalue weighted by molar-refractivity contribution is -0.137. The molecule has 2 rings (SSSR count). The Morgan fingerprint density at radius 3 is 2.48 bits per heavy atom. The predicted molar refractivity (Wildman–Crippen MR) is 86.6 cm³/mol. The molecule has 1 aliphatic rings. The lowest BCUT2D eigenvalue weighted by atomic mass is 10.2. The highest BCUT2D eigenvalue weighted by molar-refractivity contribution is 5.66. The molecule has 0 unspecified atom stereocenters. The van der Waals surface area contributed by atoms with Crippen molar-refractivity contribution in [2.75, 3.05) is 32.7 Å². The summed E-state index contributed by atoms with van der Waals surface area (Å²) in [6.07, 6.45) is 1.96. The molecule has 7 nitrogen and oxygen atoms in total. The molecule has 0 atom stereocenters. The molecule has 0 radical (unpaired) electrons. The molecule has 0 saturated carbocycles. The number of pyridine rings is 1. The van der Waals surface area contributed by atoms with E-state index in [1.54, 1.807) is 4.57 Å². The first-order valence-corrected chi connectivity index (χ1v) is 8.08. The van der Waals surface area contributed by atoms with Gasteiger partial charge in [-0.1, -0.05) is 6.92 Å². The summed E-state index contributed by atoms with van der Waals surface area (Å²) in [5.74, 6) is -1.13. The van der Waals surface area contributed by atoms with E-state index in [1.807, 2.05) is 0 Å². The van der Waals surface area contributed by atoms with Crippen molar-refractivity contribution in [3.63, 3.8) is 0 Å². The zero-order valence-electron chi connectivity index (χ0n) is 13.6. The summed E-state index contributed by atoms with van der Waals surface area (Å²) < 4.78 is 1.80. The average Bonchev–Trinajstić information content (AvgIpc) is 2.52. The molecule has 1 aliphatic heterocycles. The number of aliphatic carboxylic acids is 1. The van der Waals surface area contributed by atoms with Gasteiger partial charge in [0.25, 0.3) is 0 Å². The number of carboxylic acid groups (broad SMARTS) is 1. The van der Waals surface area contributed by atoms with Crippen LogP contribution in [0.5, 0.6) is 5.75 Å². The highest BCUT2D eigenvalue weighted by atomic mass is 16.4. The maximum Gasteiger partial charge on any atom is 0.303 e. The quantitative estimate of drug-likeness (QED) is 0.762. The fraction of sp³-hybridized carbons (Fsp3) is 0.625. The number of nitrogens with zero attached hydrogens (tertiary/aromatic N) is 3. The number of piperazine rings is 1. The second-order valence-corrected chi connectivity index (χ2v) is 5.92. The highest BCUT2D eigenvalue weighted by Gasteiger charge is 2.17. The van der Waals surface area contributed by atoms with Crippen molar-refractivity contribution < 1.29 is 15.0 Å². The normalized spacial score (nSPS) is 16.6. The Hall–Kier alpha value is -1.86. The Kier molecular flexibility index (Phi) is 6.18. The van der Waals surface area contributed by atoms with Crippen LogP contribution in [0.3, 0.4) is 0 Å². The zero-order chi connectivity index (χ0) is 16.8. The van der Waals surface area contributed by atoms with Crippen LogP contribution < -0.4 is 5.43 Å². The predicted octanol–water partition coefficient (Wildman–Crippen LogP) is 0.556. The number of hydrogen-bond donors (Lipinski definition) is 2. The average molecular weight is 323 g/mol. The van der Waals surface area contributed by atoms with Crippen LogP contribution in [0.1, 0.15) is 25.5 Å². The number of likely N-dealkylation sites (N-methyl/N-ethyl adjacent to an activating group) is 1. The molecular weight excluding hydrogens is 298 g/mol. The third-order valence-electron chi connectivity index (χ3n) is 4.28. The molecule has 0 bridgehead atoms. The Balaban J connectivity index is 2.05. The van der Waals surface area contributed by atoms with Crippen LogP contribution in [0, 0.1) is 0 Å². The number of aryl methyl sites for hydroxylation is 1. The Morgan fingerprint density at radius 2 is 1.87 bits per heavy atom. The molecule has 0 aliphatic carbocycles. The van der Waals surface area contributed by atoms with Crippen molar-refractivity contribution >= 4 is 5.97 Å². The summed E-state index contributed by atoms with van der Waals surface area (Å²) in [7, 11) is 0. The van der Waals surface area contributed by atoms with Gasteiger partial charge in [0.05, 0.1) is 6.20 Å². The third-order valence-corrected chi connectivity index (χ3v) is 4.28. The second-order valence-electron chi connectivity index (χ2n) is 5.92. The van der Waals surface area contributed by atoms with E-state index in [1.165, 1.54) is 12.3 Å². The van der Waals surface area contributed by atoms with Gasteiger partial charge in [-0.2, -0.15) is 0 Å². The summed E-state index contributed by atoms with van der Waals surface area (Å²) in [4.78, 5) is 27.0. The Morgan fingerprint density at radius 1 is 1.22 bits per heavy atom. The minimum atomic E-state index is -0.840. The van der Waals surface area contributed by atoms with Gasteiger partial charge in [-0.15, -0.1) is 0 Å². The number of aromatic hydroxyl groups is 1. The molecular formula is C16H25N3O4. The van der Waals surface area contributed by atoms with Crippen LogP contribution in [0.4, 0.5) is 0 Å². The topological polar surface area (TPSA) is 86.0 Å². The molecule has 1 saturated heterocycles. The van der Waals surface area contributed by atoms with Gasteiger partial charge in [0.2, 0.25) is 5.43 Å². The van der Waals surface area contributed by atoms with E-state index in [0.29, 0.717) is 19.5 Å². The summed E-state index contributed by atoms with van der Waals surface area (Å²) >= 11 is 0. The summed E-state index contributed by atoms with van der Waals surface area (Å²) in [5.41, 5.74) is 0.435. The number of aromatic nitrogens is 1. The van der Waals surface area contributed by atoms with Gasteiger partial charge in [-0.3, -0.25) is 14.5 Å². The van der Waals surface area contributed by atoms with Crippen molar-refractivity contribution in [1.29, 1.82) is 0 Å². The minimum absolute atomic E-state index is 0.0709. The van der Waals surface area contributed by atoms with Crippen LogP contribution in [-0.2, 0) is 17.9 Å². The molecule has 128 valence electrons. The SMILES string of the molecule is CCN1CCN(Cc2cc(=O)c(O)cn2CCCC(=O)O)CC1. The van der Waals surface area contributed by atoms with Crippen LogP contribution in [0.25, 0.3) is 0 Å². The fourth-order valence-corrected chi connectivity index (χ4v) is 2.84. The molecule has 1 aromatic heterocycles. The monoisotopic (exact) mass is 323 g/mol. The van der Waals surface area contributed by atoms with E-state index in [4.69, 9.17) is 5.11 Å². The van der Waals surface area contributed by atoms with Crippen molar-refractivity contribution in [2.45, 2.75) is 32.9 Å². The van der Waals surface area contributed by atoms with Crippen LogP contribution in [0.2, 0.25) is 0 Å². The van der Waals surface area contributed by atoms with E-state index < -0.39 is 5.97 Å². The van der Waals surface area contributed by atoms with Crippen LogP contribution in [0.15, 0.2) is 17.1 Å². The van der Waals surface area contributed by atoms with Gasteiger partial charge in [0.1, 0.15) is 0 Å². The molecule has 1 fully saturated rings. The fourth-order valence-electron chi connectivity index (χ4n) is 2.84. The number of carboxylic acids is 1. The smallest absolute Gasteiger partial charge is 0.303 e. The van der Waals surface area contributed by atoms with Gasteiger partial charge in [-0.05, 0) is 13.0 Å². The largest absolute Gasteiger partial charge is 0.503 e. The van der Waals surface area contributed by atoms with Gasteiger partial charge in [-0.25, -0.2) is 0 Å². The van der Waals surface area contributed by atoms with Crippen molar-refractivity contribution in [3.05, 3.63) is 28.2 Å². The Labute approximate surface area is 135 Å². The van der Waals surface area contributed by atoms with Gasteiger partial charge in [0.15, 0.2) is 5.75 Å². The van der Waals surface area contributed by atoms with Crippen LogP contribution in [-0.4, -0.2) is 63.3 Å². The summed E-state index contributed by atoms with van der Waals surface area (Å²) in [5, 5.41) is 18.4. The van der Waals surface area contributed by atoms with E-state index in [2.05, 4.69) is 16.7 Å². The van der Waals surface area contributed by atoms with Gasteiger partial charge >= 0.3 is 5.97 Å². The first kappa shape index (κ1) is 17.5. The van der Waals surface area contributed by atoms with Crippen molar-refractivity contribution in [1.82, 2.24) is 14.4 Å². The lowest BCUT2D eigenvalue weighted by Crippen LogP contribution is -2.46. The standard InChI is InChI=1S/C16H25N3O4/c1-2-17-6-8-18(9-7-17)11-13-10-14(20)15(21)12-19(13)5-3-4-16(22)23/h10,12,21H,2-9,11H2,1H3,(H,22,23). The molecule has 0 spiro atoms. The molecule has 7 heteroatoms. The number of rotatable bonds is 7. The third kappa shape index (κ3) is 5.07. The van der Waals surface area contributed by atoms with Gasteiger partial charge < -0.3 is 19.7 Å². The Bertz CT molecular complexity index is 591. The van der Waals surface area contributed by atoms with E-state index in [0.717, 1.165) is 38.4 Å². The number of hydrogen-bond acceptors (Lipinski definition) is 5. The lowest BCUT2D eigenvalue weighted by Gasteiger charge is -2.34. The molecule has 23 heavy (non-hydrogen) atoms. The molecule has 0 aromatic carbocycles. The first-order chi connectivity index (χ1) is 11.0. The minimum Gasteiger partial charge on any atom is -0.503 e.